The number of hydrogen-bond acceptors (Lipinski definition) is 3. The number of aliphatic hydroxyl groups excluding tert-OH is 1. The van der Waals surface area contributed by atoms with Crippen LogP contribution in [0.5, 0.6) is 0 Å². The molecule has 0 spiro atoms. The van der Waals surface area contributed by atoms with Crippen LogP contribution in [0.15, 0.2) is 28.7 Å². The number of benzene rings is 1. The number of hydrogen-bond donors (Lipinski definition) is 1. The highest BCUT2D eigenvalue weighted by Gasteiger charge is 2.34. The molecule has 0 saturated heterocycles. The number of carbonyl (C=O) groups excluding carboxylic acids is 1. The number of rotatable bonds is 4. The van der Waals surface area contributed by atoms with Crippen molar-refractivity contribution in [3.63, 3.8) is 0 Å². The van der Waals surface area contributed by atoms with Gasteiger partial charge in [-0.25, -0.2) is 0 Å². The molecule has 1 amide bonds. The number of aliphatic hydroxyl groups is 1. The summed E-state index contributed by atoms with van der Waals surface area (Å²) in [5.74, 6) is 0.104. The van der Waals surface area contributed by atoms with Crippen LogP contribution in [-0.4, -0.2) is 35.1 Å². The Bertz CT molecular complexity index is 618. The molecule has 4 nitrogen and oxygen atoms in total. The van der Waals surface area contributed by atoms with Crippen LogP contribution in [0.3, 0.4) is 0 Å². The summed E-state index contributed by atoms with van der Waals surface area (Å²) in [4.78, 5) is 14.0. The minimum absolute atomic E-state index is 0.0385. The molecule has 1 heterocycles. The first-order valence-electron chi connectivity index (χ1n) is 6.30. The van der Waals surface area contributed by atoms with E-state index in [0.717, 1.165) is 18.2 Å². The van der Waals surface area contributed by atoms with Crippen molar-refractivity contribution in [3.8, 4) is 0 Å². The van der Waals surface area contributed by atoms with Gasteiger partial charge in [0.1, 0.15) is 0 Å². The van der Waals surface area contributed by atoms with Gasteiger partial charge < -0.3 is 14.4 Å². The zero-order valence-corrected chi connectivity index (χ0v) is 11.1. The third-order valence-electron chi connectivity index (χ3n) is 3.30. The molecule has 1 aliphatic carbocycles. The Morgan fingerprint density at radius 2 is 2.26 bits per heavy atom. The fourth-order valence-corrected chi connectivity index (χ4v) is 2.44. The number of amides is 1. The maximum absolute atomic E-state index is 12.4. The summed E-state index contributed by atoms with van der Waals surface area (Å²) >= 11 is 6.03. The maximum atomic E-state index is 12.4. The molecule has 0 radical (unpaired) electrons. The van der Waals surface area contributed by atoms with Crippen LogP contribution in [0.4, 0.5) is 0 Å². The molecule has 0 bridgehead atoms. The second kappa shape index (κ2) is 4.87. The lowest BCUT2D eigenvalue weighted by molar-refractivity contribution is 0.0678. The molecule has 0 unspecified atom stereocenters. The Hall–Kier alpha value is -1.52. The smallest absolute Gasteiger partial charge is 0.289 e. The van der Waals surface area contributed by atoms with Crippen LogP contribution >= 0.6 is 11.6 Å². The van der Waals surface area contributed by atoms with Gasteiger partial charge in [-0.2, -0.15) is 0 Å². The number of carbonyl (C=O) groups is 1. The Morgan fingerprint density at radius 1 is 1.47 bits per heavy atom. The number of furan rings is 1. The summed E-state index contributed by atoms with van der Waals surface area (Å²) in [7, 11) is 0. The molecule has 1 fully saturated rings. The predicted molar refractivity (Wildman–Crippen MR) is 72.4 cm³/mol. The molecule has 1 aromatic heterocycles. The normalized spacial score (nSPS) is 14.8. The fourth-order valence-electron chi connectivity index (χ4n) is 2.22. The van der Waals surface area contributed by atoms with E-state index in [4.69, 9.17) is 21.1 Å². The molecule has 0 aliphatic heterocycles. The van der Waals surface area contributed by atoms with Crippen molar-refractivity contribution < 1.29 is 14.3 Å². The first-order chi connectivity index (χ1) is 9.20. The van der Waals surface area contributed by atoms with E-state index in [0.29, 0.717) is 17.2 Å². The topological polar surface area (TPSA) is 53.7 Å². The van der Waals surface area contributed by atoms with Crippen molar-refractivity contribution in [3.05, 3.63) is 35.0 Å². The average molecular weight is 280 g/mol. The van der Waals surface area contributed by atoms with E-state index in [1.165, 1.54) is 0 Å². The molecule has 19 heavy (non-hydrogen) atoms. The van der Waals surface area contributed by atoms with Gasteiger partial charge in [-0.15, -0.1) is 0 Å². The second-order valence-corrected chi connectivity index (χ2v) is 5.13. The molecule has 0 atom stereocenters. The largest absolute Gasteiger partial charge is 0.449 e. The molecule has 3 rings (SSSR count). The second-order valence-electron chi connectivity index (χ2n) is 4.72. The zero-order chi connectivity index (χ0) is 13.4. The Labute approximate surface area is 115 Å². The summed E-state index contributed by atoms with van der Waals surface area (Å²) in [5, 5.41) is 10.4. The summed E-state index contributed by atoms with van der Waals surface area (Å²) in [6.45, 7) is 0.303. The van der Waals surface area contributed by atoms with Gasteiger partial charge in [0.25, 0.3) is 5.91 Å². The number of para-hydroxylation sites is 1. The SMILES string of the molecule is O=C(c1cc2cccc(Cl)c2o1)N(CCO)C1CC1. The van der Waals surface area contributed by atoms with E-state index in [-0.39, 0.29) is 24.3 Å². The van der Waals surface area contributed by atoms with Gasteiger partial charge in [-0.05, 0) is 25.0 Å². The van der Waals surface area contributed by atoms with Crippen molar-refractivity contribution in [2.75, 3.05) is 13.2 Å². The molecule has 1 aromatic carbocycles. The van der Waals surface area contributed by atoms with Gasteiger partial charge >= 0.3 is 0 Å². The van der Waals surface area contributed by atoms with E-state index in [9.17, 15) is 4.79 Å². The summed E-state index contributed by atoms with van der Waals surface area (Å²) in [5.41, 5.74) is 0.535. The molecular weight excluding hydrogens is 266 g/mol. The van der Waals surface area contributed by atoms with E-state index >= 15 is 0 Å². The summed E-state index contributed by atoms with van der Waals surface area (Å²) in [6.07, 6.45) is 1.99. The van der Waals surface area contributed by atoms with Gasteiger partial charge in [0, 0.05) is 18.0 Å². The van der Waals surface area contributed by atoms with Crippen LogP contribution in [0, 0.1) is 0 Å². The summed E-state index contributed by atoms with van der Waals surface area (Å²) < 4.78 is 5.56. The number of fused-ring (bicyclic) bond motifs is 1. The van der Waals surface area contributed by atoms with E-state index < -0.39 is 0 Å². The van der Waals surface area contributed by atoms with Crippen molar-refractivity contribution in [1.82, 2.24) is 4.90 Å². The lowest BCUT2D eigenvalue weighted by Gasteiger charge is -2.19. The zero-order valence-electron chi connectivity index (χ0n) is 10.3. The third kappa shape index (κ3) is 2.33. The first-order valence-corrected chi connectivity index (χ1v) is 6.68. The lowest BCUT2D eigenvalue weighted by Crippen LogP contribution is -2.35. The molecule has 5 heteroatoms. The van der Waals surface area contributed by atoms with Crippen LogP contribution in [0.2, 0.25) is 5.02 Å². The maximum Gasteiger partial charge on any atom is 0.289 e. The molecule has 1 saturated carbocycles. The lowest BCUT2D eigenvalue weighted by atomic mass is 10.2. The van der Waals surface area contributed by atoms with Crippen molar-refractivity contribution in [2.24, 2.45) is 0 Å². The highest BCUT2D eigenvalue weighted by atomic mass is 35.5. The molecule has 2 aromatic rings. The predicted octanol–water partition coefficient (Wildman–Crippen LogP) is 2.68. The van der Waals surface area contributed by atoms with E-state index in [2.05, 4.69) is 0 Å². The Kier molecular flexibility index (Phi) is 3.21. The van der Waals surface area contributed by atoms with Crippen molar-refractivity contribution in [2.45, 2.75) is 18.9 Å². The van der Waals surface area contributed by atoms with Crippen LogP contribution in [0.25, 0.3) is 11.0 Å². The fraction of sp³-hybridized carbons (Fsp3) is 0.357. The van der Waals surface area contributed by atoms with E-state index in [1.807, 2.05) is 12.1 Å². The van der Waals surface area contributed by atoms with E-state index in [1.54, 1.807) is 17.0 Å². The number of halogens is 1. The van der Waals surface area contributed by atoms with Crippen LogP contribution < -0.4 is 0 Å². The number of nitrogens with zero attached hydrogens (tertiary/aromatic N) is 1. The molecule has 1 N–H and O–H groups in total. The monoisotopic (exact) mass is 279 g/mol. The van der Waals surface area contributed by atoms with Crippen LogP contribution in [-0.2, 0) is 0 Å². The van der Waals surface area contributed by atoms with Crippen molar-refractivity contribution >= 4 is 28.5 Å². The van der Waals surface area contributed by atoms with Gasteiger partial charge in [-0.3, -0.25) is 4.79 Å². The van der Waals surface area contributed by atoms with Gasteiger partial charge in [0.15, 0.2) is 11.3 Å². The Balaban J connectivity index is 1.94. The quantitative estimate of drug-likeness (QED) is 0.936. The molecular formula is C14H14ClNO3. The van der Waals surface area contributed by atoms with Gasteiger partial charge in [0.05, 0.1) is 11.6 Å². The van der Waals surface area contributed by atoms with Gasteiger partial charge in [-0.1, -0.05) is 23.7 Å². The van der Waals surface area contributed by atoms with Crippen LogP contribution in [0.1, 0.15) is 23.4 Å². The average Bonchev–Trinajstić information content (AvgIpc) is 3.14. The Morgan fingerprint density at radius 3 is 2.89 bits per heavy atom. The molecule has 1 aliphatic rings. The molecule has 100 valence electrons. The standard InChI is InChI=1S/C14H14ClNO3/c15-11-3-1-2-9-8-12(19-13(9)11)14(18)16(6-7-17)10-4-5-10/h1-3,8,10,17H,4-7H2. The first kappa shape index (κ1) is 12.5. The summed E-state index contributed by atoms with van der Waals surface area (Å²) in [6, 6.07) is 7.35. The third-order valence-corrected chi connectivity index (χ3v) is 3.59. The minimum atomic E-state index is -0.177. The van der Waals surface area contributed by atoms with Gasteiger partial charge in [0.2, 0.25) is 0 Å². The van der Waals surface area contributed by atoms with Crippen molar-refractivity contribution in [1.29, 1.82) is 0 Å². The highest BCUT2D eigenvalue weighted by molar-refractivity contribution is 6.34. The highest BCUT2D eigenvalue weighted by Crippen LogP contribution is 2.31. The minimum Gasteiger partial charge on any atom is -0.449 e.